The summed E-state index contributed by atoms with van der Waals surface area (Å²) >= 11 is 12.4. The van der Waals surface area contributed by atoms with Crippen LogP contribution in [0.3, 0.4) is 0 Å². The fourth-order valence-corrected chi connectivity index (χ4v) is 2.09. The molecule has 0 saturated heterocycles. The van der Waals surface area contributed by atoms with E-state index >= 15 is 0 Å². The third-order valence-corrected chi connectivity index (χ3v) is 2.99. The Morgan fingerprint density at radius 1 is 1.29 bits per heavy atom. The molecule has 0 N–H and O–H groups in total. The number of rotatable bonds is 1. The summed E-state index contributed by atoms with van der Waals surface area (Å²) in [5, 5.41) is 0.699. The van der Waals surface area contributed by atoms with E-state index in [1.807, 2.05) is 0 Å². The number of aromatic nitrogens is 2. The van der Waals surface area contributed by atoms with Crippen molar-refractivity contribution in [3.05, 3.63) is 34.3 Å². The average molecular weight is 249 g/mol. The summed E-state index contributed by atoms with van der Waals surface area (Å²) in [5.74, 6) is -0.476. The maximum absolute atomic E-state index is 13.1. The van der Waals surface area contributed by atoms with Crippen molar-refractivity contribution in [2.24, 2.45) is 0 Å². The third kappa shape index (κ3) is 1.73. The van der Waals surface area contributed by atoms with Gasteiger partial charge in [-0.05, 0) is 29.2 Å². The first kappa shape index (κ1) is 9.83. The van der Waals surface area contributed by atoms with Crippen molar-refractivity contribution in [1.82, 2.24) is 9.36 Å². The average Bonchev–Trinajstić information content (AvgIpc) is 2.57. The monoisotopic (exact) mass is 248 g/mol. The Hall–Kier alpha value is -0.710. The molecular weight excluding hydrogens is 246 g/mol. The van der Waals surface area contributed by atoms with Gasteiger partial charge in [0.15, 0.2) is 0 Å². The Bertz CT molecular complexity index is 472. The SMILES string of the molecule is Fc1cccc(-c2nc(Cl)ns2)c1Cl. The molecule has 6 heteroatoms. The van der Waals surface area contributed by atoms with Gasteiger partial charge in [0.1, 0.15) is 10.8 Å². The lowest BCUT2D eigenvalue weighted by molar-refractivity contribution is 0.629. The largest absolute Gasteiger partial charge is 0.234 e. The van der Waals surface area contributed by atoms with Gasteiger partial charge in [0.2, 0.25) is 5.28 Å². The number of benzene rings is 1. The highest BCUT2D eigenvalue weighted by atomic mass is 35.5. The minimum absolute atomic E-state index is 0.0420. The van der Waals surface area contributed by atoms with E-state index in [2.05, 4.69) is 9.36 Å². The molecule has 0 fully saturated rings. The zero-order valence-corrected chi connectivity index (χ0v) is 9.00. The van der Waals surface area contributed by atoms with Crippen molar-refractivity contribution < 1.29 is 4.39 Å². The topological polar surface area (TPSA) is 25.8 Å². The van der Waals surface area contributed by atoms with Crippen molar-refractivity contribution in [1.29, 1.82) is 0 Å². The highest BCUT2D eigenvalue weighted by Gasteiger charge is 2.11. The van der Waals surface area contributed by atoms with Crippen molar-refractivity contribution in [2.75, 3.05) is 0 Å². The van der Waals surface area contributed by atoms with Gasteiger partial charge in [-0.15, -0.1) is 0 Å². The standard InChI is InChI=1S/C8H3Cl2FN2S/c9-6-4(2-1-3-5(6)11)7-12-8(10)13-14-7/h1-3H. The van der Waals surface area contributed by atoms with Crippen LogP contribution in [0.5, 0.6) is 0 Å². The lowest BCUT2D eigenvalue weighted by atomic mass is 10.2. The molecule has 0 aliphatic rings. The van der Waals surface area contributed by atoms with Gasteiger partial charge >= 0.3 is 0 Å². The van der Waals surface area contributed by atoms with Gasteiger partial charge in [0.05, 0.1) is 5.02 Å². The van der Waals surface area contributed by atoms with E-state index in [1.54, 1.807) is 12.1 Å². The van der Waals surface area contributed by atoms with Crippen LogP contribution in [-0.4, -0.2) is 9.36 Å². The number of hydrogen-bond acceptors (Lipinski definition) is 3. The van der Waals surface area contributed by atoms with Gasteiger partial charge in [-0.3, -0.25) is 0 Å². The van der Waals surface area contributed by atoms with Gasteiger partial charge in [-0.1, -0.05) is 23.7 Å². The Balaban J connectivity index is 2.57. The molecule has 1 heterocycles. The third-order valence-electron chi connectivity index (χ3n) is 1.58. The van der Waals surface area contributed by atoms with Gasteiger partial charge in [-0.2, -0.15) is 4.37 Å². The van der Waals surface area contributed by atoms with Crippen molar-refractivity contribution in [3.8, 4) is 10.6 Å². The maximum Gasteiger partial charge on any atom is 0.234 e. The van der Waals surface area contributed by atoms with E-state index in [4.69, 9.17) is 23.2 Å². The van der Waals surface area contributed by atoms with Gasteiger partial charge in [-0.25, -0.2) is 9.37 Å². The molecule has 1 aromatic carbocycles. The molecule has 0 spiro atoms. The molecule has 0 amide bonds. The van der Waals surface area contributed by atoms with Crippen LogP contribution in [0.25, 0.3) is 10.6 Å². The van der Waals surface area contributed by atoms with Crippen molar-refractivity contribution in [2.45, 2.75) is 0 Å². The van der Waals surface area contributed by atoms with E-state index in [0.29, 0.717) is 10.6 Å². The number of halogens is 3. The van der Waals surface area contributed by atoms with Crippen molar-refractivity contribution in [3.63, 3.8) is 0 Å². The van der Waals surface area contributed by atoms with Crippen LogP contribution in [0.4, 0.5) is 4.39 Å². The van der Waals surface area contributed by atoms with Crippen LogP contribution in [0.2, 0.25) is 10.3 Å². The normalized spacial score (nSPS) is 10.5. The van der Waals surface area contributed by atoms with Crippen LogP contribution in [0, 0.1) is 5.82 Å². The lowest BCUT2D eigenvalue weighted by Crippen LogP contribution is -1.82. The molecule has 14 heavy (non-hydrogen) atoms. The summed E-state index contributed by atoms with van der Waals surface area (Å²) in [6, 6.07) is 4.52. The molecule has 0 aliphatic heterocycles. The first-order valence-electron chi connectivity index (χ1n) is 3.62. The fraction of sp³-hybridized carbons (Fsp3) is 0. The summed E-state index contributed by atoms with van der Waals surface area (Å²) in [5.41, 5.74) is 0.510. The molecule has 0 atom stereocenters. The smallest absolute Gasteiger partial charge is 0.205 e. The molecule has 2 nitrogen and oxygen atoms in total. The molecule has 2 rings (SSSR count). The number of nitrogens with zero attached hydrogens (tertiary/aromatic N) is 2. The van der Waals surface area contributed by atoms with E-state index in [1.165, 1.54) is 6.07 Å². The molecule has 0 unspecified atom stereocenters. The highest BCUT2D eigenvalue weighted by Crippen LogP contribution is 2.31. The molecule has 2 aromatic rings. The maximum atomic E-state index is 13.1. The first-order valence-corrected chi connectivity index (χ1v) is 5.15. The van der Waals surface area contributed by atoms with Crippen LogP contribution in [0.15, 0.2) is 18.2 Å². The minimum atomic E-state index is -0.476. The molecular formula is C8H3Cl2FN2S. The molecule has 0 bridgehead atoms. The van der Waals surface area contributed by atoms with Crippen molar-refractivity contribution >= 4 is 34.7 Å². The molecule has 1 aromatic heterocycles. The molecule has 0 aliphatic carbocycles. The van der Waals surface area contributed by atoms with Crippen LogP contribution >= 0.6 is 34.7 Å². The Labute approximate surface area is 93.5 Å². The first-order chi connectivity index (χ1) is 6.68. The van der Waals surface area contributed by atoms with Crippen LogP contribution in [-0.2, 0) is 0 Å². The quantitative estimate of drug-likeness (QED) is 0.770. The summed E-state index contributed by atoms with van der Waals surface area (Å²) in [7, 11) is 0. The molecule has 0 radical (unpaired) electrons. The summed E-state index contributed by atoms with van der Waals surface area (Å²) in [6.07, 6.45) is 0. The summed E-state index contributed by atoms with van der Waals surface area (Å²) in [4.78, 5) is 3.90. The van der Waals surface area contributed by atoms with Crippen LogP contribution in [0.1, 0.15) is 0 Å². The zero-order chi connectivity index (χ0) is 10.1. The zero-order valence-electron chi connectivity index (χ0n) is 6.67. The highest BCUT2D eigenvalue weighted by molar-refractivity contribution is 7.09. The number of hydrogen-bond donors (Lipinski definition) is 0. The van der Waals surface area contributed by atoms with Gasteiger partial charge < -0.3 is 0 Å². The second-order valence-electron chi connectivity index (χ2n) is 2.47. The van der Waals surface area contributed by atoms with E-state index < -0.39 is 5.82 Å². The fourth-order valence-electron chi connectivity index (χ4n) is 0.984. The summed E-state index contributed by atoms with van der Waals surface area (Å²) < 4.78 is 16.8. The van der Waals surface area contributed by atoms with Crippen LogP contribution < -0.4 is 0 Å². The van der Waals surface area contributed by atoms with Gasteiger partial charge in [0.25, 0.3) is 0 Å². The minimum Gasteiger partial charge on any atom is -0.205 e. The van der Waals surface area contributed by atoms with E-state index in [-0.39, 0.29) is 10.3 Å². The van der Waals surface area contributed by atoms with E-state index in [9.17, 15) is 4.39 Å². The Morgan fingerprint density at radius 3 is 2.71 bits per heavy atom. The second kappa shape index (κ2) is 3.81. The predicted molar refractivity (Wildman–Crippen MR) is 55.3 cm³/mol. The lowest BCUT2D eigenvalue weighted by Gasteiger charge is -1.99. The summed E-state index contributed by atoms with van der Waals surface area (Å²) in [6.45, 7) is 0. The second-order valence-corrected chi connectivity index (χ2v) is 3.94. The van der Waals surface area contributed by atoms with Gasteiger partial charge in [0, 0.05) is 5.56 Å². The van der Waals surface area contributed by atoms with E-state index in [0.717, 1.165) is 11.5 Å². The Morgan fingerprint density at radius 2 is 2.07 bits per heavy atom. The molecule has 72 valence electrons. The Kier molecular flexibility index (Phi) is 2.67. The predicted octanol–water partition coefficient (Wildman–Crippen LogP) is 3.65. The molecule has 0 saturated carbocycles.